The van der Waals surface area contributed by atoms with Crippen LogP contribution in [0.4, 0.5) is 13.2 Å². The predicted octanol–water partition coefficient (Wildman–Crippen LogP) is 4.32. The van der Waals surface area contributed by atoms with Gasteiger partial charge in [0.2, 0.25) is 0 Å². The molecule has 0 aliphatic heterocycles. The number of aryl methyl sites for hydroxylation is 1. The summed E-state index contributed by atoms with van der Waals surface area (Å²) in [4.78, 5) is 3.67. The summed E-state index contributed by atoms with van der Waals surface area (Å²) in [5.41, 5.74) is 2.21. The van der Waals surface area contributed by atoms with Gasteiger partial charge in [-0.05, 0) is 30.4 Å². The lowest BCUT2D eigenvalue weighted by molar-refractivity contribution is -0.137. The molecule has 1 N–H and O–H groups in total. The summed E-state index contributed by atoms with van der Waals surface area (Å²) in [6.07, 6.45) is -1.57. The largest absolute Gasteiger partial charge is 0.443 e. The third kappa shape index (κ3) is 2.82. The van der Waals surface area contributed by atoms with Gasteiger partial charge in [0.1, 0.15) is 0 Å². The number of hydrogen-bond donors (Lipinski definition) is 1. The molecule has 0 saturated heterocycles. The lowest BCUT2D eigenvalue weighted by Crippen LogP contribution is -2.16. The van der Waals surface area contributed by atoms with Crippen LogP contribution in [0, 0.1) is 0 Å². The predicted molar refractivity (Wildman–Crippen MR) is 74.2 cm³/mol. The lowest BCUT2D eigenvalue weighted by Gasteiger charge is -2.28. The highest BCUT2D eigenvalue weighted by Crippen LogP contribution is 2.43. The summed E-state index contributed by atoms with van der Waals surface area (Å²) >= 11 is 0.530. The van der Waals surface area contributed by atoms with Crippen molar-refractivity contribution < 1.29 is 18.3 Å². The normalized spacial score (nSPS) is 20.1. The molecule has 1 aliphatic carbocycles. The second kappa shape index (κ2) is 5.42. The molecule has 2 aromatic rings. The highest BCUT2D eigenvalue weighted by atomic mass is 32.1. The molecule has 0 amide bonds. The highest BCUT2D eigenvalue weighted by Gasteiger charge is 2.36. The molecule has 1 aliphatic rings. The third-order valence-corrected chi connectivity index (χ3v) is 4.97. The Labute approximate surface area is 124 Å². The van der Waals surface area contributed by atoms with E-state index in [-0.39, 0.29) is 10.8 Å². The van der Waals surface area contributed by atoms with Crippen LogP contribution in [0.25, 0.3) is 0 Å². The molecule has 2 nitrogen and oxygen atoms in total. The fourth-order valence-electron chi connectivity index (χ4n) is 2.87. The van der Waals surface area contributed by atoms with Crippen molar-refractivity contribution in [3.8, 4) is 0 Å². The first-order valence-corrected chi connectivity index (χ1v) is 7.57. The van der Waals surface area contributed by atoms with E-state index in [4.69, 9.17) is 0 Å². The molecular weight excluding hydrogens is 299 g/mol. The van der Waals surface area contributed by atoms with Gasteiger partial charge in [-0.15, -0.1) is 11.3 Å². The number of alkyl halides is 3. The zero-order valence-electron chi connectivity index (χ0n) is 11.1. The molecule has 1 aromatic heterocycles. The second-order valence-electron chi connectivity index (χ2n) is 5.21. The summed E-state index contributed by atoms with van der Waals surface area (Å²) in [7, 11) is 0. The summed E-state index contributed by atoms with van der Waals surface area (Å²) in [5.74, 6) is -0.156. The Bertz CT molecular complexity index is 638. The molecule has 1 heterocycles. The molecule has 1 aromatic carbocycles. The Balaban J connectivity index is 1.89. The van der Waals surface area contributed by atoms with Crippen LogP contribution in [0.15, 0.2) is 30.5 Å². The number of benzene rings is 1. The average molecular weight is 313 g/mol. The Morgan fingerprint density at radius 1 is 1.29 bits per heavy atom. The molecule has 2 unspecified atom stereocenters. The maximum atomic E-state index is 12.6. The summed E-state index contributed by atoms with van der Waals surface area (Å²) in [5, 5.41) is 9.57. The number of hydrogen-bond acceptors (Lipinski definition) is 3. The number of fused-ring (bicyclic) bond motifs is 1. The Kier molecular flexibility index (Phi) is 3.75. The maximum Gasteiger partial charge on any atom is 0.443 e. The molecule has 3 rings (SSSR count). The zero-order valence-corrected chi connectivity index (χ0v) is 11.9. The van der Waals surface area contributed by atoms with Crippen LogP contribution in [0.3, 0.4) is 0 Å². The minimum Gasteiger partial charge on any atom is -0.387 e. The SMILES string of the molecule is OC(c1cnc(C(F)(F)F)s1)C1CCCc2ccccc21. The van der Waals surface area contributed by atoms with Crippen molar-refractivity contribution in [3.05, 3.63) is 51.5 Å². The molecule has 0 radical (unpaired) electrons. The minimum absolute atomic E-state index is 0.156. The van der Waals surface area contributed by atoms with Crippen LogP contribution in [0.5, 0.6) is 0 Å². The van der Waals surface area contributed by atoms with E-state index in [9.17, 15) is 18.3 Å². The summed E-state index contributed by atoms with van der Waals surface area (Å²) < 4.78 is 37.8. The third-order valence-electron chi connectivity index (χ3n) is 3.85. The van der Waals surface area contributed by atoms with Crippen LogP contribution < -0.4 is 0 Å². The lowest BCUT2D eigenvalue weighted by atomic mass is 9.79. The van der Waals surface area contributed by atoms with Gasteiger partial charge in [0.05, 0.1) is 11.0 Å². The van der Waals surface area contributed by atoms with E-state index in [1.54, 1.807) is 0 Å². The summed E-state index contributed by atoms with van der Waals surface area (Å²) in [6.45, 7) is 0. The molecule has 0 spiro atoms. The van der Waals surface area contributed by atoms with Crippen LogP contribution in [0.1, 0.15) is 45.9 Å². The molecule has 0 saturated carbocycles. The molecule has 21 heavy (non-hydrogen) atoms. The van der Waals surface area contributed by atoms with Gasteiger partial charge in [-0.1, -0.05) is 24.3 Å². The number of aliphatic hydroxyl groups excluding tert-OH is 1. The molecule has 2 atom stereocenters. The van der Waals surface area contributed by atoms with Gasteiger partial charge in [-0.25, -0.2) is 4.98 Å². The second-order valence-corrected chi connectivity index (χ2v) is 6.27. The van der Waals surface area contributed by atoms with E-state index in [0.29, 0.717) is 11.3 Å². The number of nitrogens with zero attached hydrogens (tertiary/aromatic N) is 1. The van der Waals surface area contributed by atoms with Crippen molar-refractivity contribution in [2.24, 2.45) is 0 Å². The monoisotopic (exact) mass is 313 g/mol. The number of aromatic nitrogens is 1. The van der Waals surface area contributed by atoms with E-state index in [0.717, 1.165) is 31.0 Å². The van der Waals surface area contributed by atoms with E-state index in [1.165, 1.54) is 5.56 Å². The first-order chi connectivity index (χ1) is 9.97. The zero-order chi connectivity index (χ0) is 15.0. The Hall–Kier alpha value is -1.40. The van der Waals surface area contributed by atoms with Gasteiger partial charge in [-0.3, -0.25) is 0 Å². The van der Waals surface area contributed by atoms with Gasteiger partial charge in [0.15, 0.2) is 5.01 Å². The van der Waals surface area contributed by atoms with Crippen LogP contribution >= 0.6 is 11.3 Å². The van der Waals surface area contributed by atoms with Gasteiger partial charge in [0, 0.05) is 12.1 Å². The Morgan fingerprint density at radius 2 is 2.05 bits per heavy atom. The number of aliphatic hydroxyl groups is 1. The molecule has 0 fully saturated rings. The van der Waals surface area contributed by atoms with Crippen molar-refractivity contribution in [3.63, 3.8) is 0 Å². The van der Waals surface area contributed by atoms with Crippen molar-refractivity contribution in [2.45, 2.75) is 37.5 Å². The van der Waals surface area contributed by atoms with Crippen molar-refractivity contribution in [1.82, 2.24) is 4.98 Å². The number of halogens is 3. The van der Waals surface area contributed by atoms with E-state index < -0.39 is 17.3 Å². The molecule has 6 heteroatoms. The standard InChI is InChI=1S/C15H14F3NOS/c16-15(17,18)14-19-8-12(21-14)13(20)11-7-3-5-9-4-1-2-6-10(9)11/h1-2,4,6,8,11,13,20H,3,5,7H2. The molecule has 112 valence electrons. The van der Waals surface area contributed by atoms with Crippen LogP contribution in [-0.4, -0.2) is 10.1 Å². The maximum absolute atomic E-state index is 12.6. The highest BCUT2D eigenvalue weighted by molar-refractivity contribution is 7.11. The topological polar surface area (TPSA) is 33.1 Å². The van der Waals surface area contributed by atoms with Gasteiger partial charge in [0.25, 0.3) is 0 Å². The van der Waals surface area contributed by atoms with Gasteiger partial charge in [-0.2, -0.15) is 13.2 Å². The van der Waals surface area contributed by atoms with Gasteiger partial charge >= 0.3 is 6.18 Å². The number of thiazole rings is 1. The van der Waals surface area contributed by atoms with E-state index >= 15 is 0 Å². The van der Waals surface area contributed by atoms with Crippen LogP contribution in [-0.2, 0) is 12.6 Å². The van der Waals surface area contributed by atoms with Crippen molar-refractivity contribution >= 4 is 11.3 Å². The fourth-order valence-corrected chi connectivity index (χ4v) is 3.71. The smallest absolute Gasteiger partial charge is 0.387 e. The first kappa shape index (κ1) is 14.5. The van der Waals surface area contributed by atoms with Crippen molar-refractivity contribution in [1.29, 1.82) is 0 Å². The molecule has 0 bridgehead atoms. The first-order valence-electron chi connectivity index (χ1n) is 6.75. The number of rotatable bonds is 2. The van der Waals surface area contributed by atoms with Crippen molar-refractivity contribution in [2.75, 3.05) is 0 Å². The van der Waals surface area contributed by atoms with Crippen LogP contribution in [0.2, 0.25) is 0 Å². The Morgan fingerprint density at radius 3 is 2.76 bits per heavy atom. The average Bonchev–Trinajstić information content (AvgIpc) is 2.96. The molecular formula is C15H14F3NOS. The quantitative estimate of drug-likeness (QED) is 0.896. The fraction of sp³-hybridized carbons (Fsp3) is 0.400. The minimum atomic E-state index is -4.45. The van der Waals surface area contributed by atoms with E-state index in [1.807, 2.05) is 24.3 Å². The summed E-state index contributed by atoms with van der Waals surface area (Å²) in [6, 6.07) is 7.82. The van der Waals surface area contributed by atoms with E-state index in [2.05, 4.69) is 4.98 Å². The van der Waals surface area contributed by atoms with Gasteiger partial charge < -0.3 is 5.11 Å².